The van der Waals surface area contributed by atoms with Gasteiger partial charge in [0.2, 0.25) is 0 Å². The normalized spacial score (nSPS) is 15.6. The second kappa shape index (κ2) is 4.76. The van der Waals surface area contributed by atoms with Gasteiger partial charge >= 0.3 is 0 Å². The molecule has 14 heavy (non-hydrogen) atoms. The standard InChI is InChI=1S/C11H17ClN2/c1-7(2)8(3)10(13)11-9(12)5-4-6-14-11/h4-8,10H,13H2,1-3H3. The topological polar surface area (TPSA) is 38.9 Å². The number of hydrogen-bond acceptors (Lipinski definition) is 2. The third-order valence-corrected chi connectivity index (χ3v) is 3.04. The van der Waals surface area contributed by atoms with Gasteiger partial charge < -0.3 is 5.73 Å². The molecule has 1 aromatic heterocycles. The van der Waals surface area contributed by atoms with Gasteiger partial charge in [0.15, 0.2) is 0 Å². The minimum Gasteiger partial charge on any atom is -0.322 e. The van der Waals surface area contributed by atoms with E-state index in [1.165, 1.54) is 0 Å². The Kier molecular flexibility index (Phi) is 3.90. The van der Waals surface area contributed by atoms with Gasteiger partial charge in [-0.1, -0.05) is 32.4 Å². The highest BCUT2D eigenvalue weighted by molar-refractivity contribution is 6.31. The molecule has 0 spiro atoms. The van der Waals surface area contributed by atoms with Gasteiger partial charge in [-0.3, -0.25) is 4.98 Å². The molecular formula is C11H17ClN2. The second-order valence-electron chi connectivity index (χ2n) is 4.00. The maximum absolute atomic E-state index is 6.09. The first-order valence-electron chi connectivity index (χ1n) is 4.90. The first kappa shape index (κ1) is 11.5. The second-order valence-corrected chi connectivity index (χ2v) is 4.41. The van der Waals surface area contributed by atoms with E-state index in [0.29, 0.717) is 16.9 Å². The minimum absolute atomic E-state index is 0.0799. The molecule has 0 bridgehead atoms. The molecular weight excluding hydrogens is 196 g/mol. The molecule has 0 fully saturated rings. The van der Waals surface area contributed by atoms with E-state index in [1.807, 2.05) is 12.1 Å². The summed E-state index contributed by atoms with van der Waals surface area (Å²) < 4.78 is 0. The lowest BCUT2D eigenvalue weighted by Gasteiger charge is -2.23. The van der Waals surface area contributed by atoms with Crippen LogP contribution in [0.3, 0.4) is 0 Å². The summed E-state index contributed by atoms with van der Waals surface area (Å²) in [6.07, 6.45) is 1.73. The SMILES string of the molecule is CC(C)C(C)C(N)c1ncccc1Cl. The molecule has 2 N–H and O–H groups in total. The monoisotopic (exact) mass is 212 g/mol. The van der Waals surface area contributed by atoms with Gasteiger partial charge in [-0.15, -0.1) is 0 Å². The maximum atomic E-state index is 6.09. The fourth-order valence-corrected chi connectivity index (χ4v) is 1.55. The summed E-state index contributed by atoms with van der Waals surface area (Å²) in [6, 6.07) is 3.57. The highest BCUT2D eigenvalue weighted by Gasteiger charge is 2.20. The number of hydrogen-bond donors (Lipinski definition) is 1. The summed E-state index contributed by atoms with van der Waals surface area (Å²) in [5.41, 5.74) is 6.89. The number of halogens is 1. The van der Waals surface area contributed by atoms with E-state index >= 15 is 0 Å². The Bertz CT molecular complexity index is 299. The molecule has 0 saturated carbocycles. The van der Waals surface area contributed by atoms with E-state index in [2.05, 4.69) is 25.8 Å². The molecule has 0 aliphatic rings. The van der Waals surface area contributed by atoms with Crippen molar-refractivity contribution < 1.29 is 0 Å². The average molecular weight is 213 g/mol. The van der Waals surface area contributed by atoms with Crippen LogP contribution in [-0.4, -0.2) is 4.98 Å². The molecule has 0 aliphatic carbocycles. The quantitative estimate of drug-likeness (QED) is 0.837. The van der Waals surface area contributed by atoms with E-state index in [-0.39, 0.29) is 6.04 Å². The third kappa shape index (κ3) is 2.46. The summed E-state index contributed by atoms with van der Waals surface area (Å²) in [5, 5.41) is 0.660. The Hall–Kier alpha value is -0.600. The zero-order chi connectivity index (χ0) is 10.7. The molecule has 0 aliphatic heterocycles. The number of aromatic nitrogens is 1. The van der Waals surface area contributed by atoms with Crippen LogP contribution < -0.4 is 5.73 Å². The van der Waals surface area contributed by atoms with Crippen molar-refractivity contribution in [2.24, 2.45) is 17.6 Å². The Morgan fingerprint density at radius 3 is 2.50 bits per heavy atom. The number of nitrogens with two attached hydrogens (primary N) is 1. The smallest absolute Gasteiger partial charge is 0.0759 e. The number of pyridine rings is 1. The molecule has 0 aromatic carbocycles. The largest absolute Gasteiger partial charge is 0.322 e. The first-order chi connectivity index (χ1) is 6.54. The van der Waals surface area contributed by atoms with Gasteiger partial charge in [-0.25, -0.2) is 0 Å². The Balaban J connectivity index is 2.89. The number of nitrogens with zero attached hydrogens (tertiary/aromatic N) is 1. The minimum atomic E-state index is -0.0799. The summed E-state index contributed by atoms with van der Waals surface area (Å²) in [4.78, 5) is 4.22. The van der Waals surface area contributed by atoms with Crippen LogP contribution in [0, 0.1) is 11.8 Å². The zero-order valence-electron chi connectivity index (χ0n) is 8.87. The molecule has 2 atom stereocenters. The van der Waals surface area contributed by atoms with Crippen molar-refractivity contribution in [2.45, 2.75) is 26.8 Å². The van der Waals surface area contributed by atoms with Crippen LogP contribution >= 0.6 is 11.6 Å². The predicted molar refractivity (Wildman–Crippen MR) is 60.2 cm³/mol. The maximum Gasteiger partial charge on any atom is 0.0759 e. The average Bonchev–Trinajstić information content (AvgIpc) is 2.16. The molecule has 0 amide bonds. The Morgan fingerprint density at radius 1 is 1.36 bits per heavy atom. The van der Waals surface area contributed by atoms with Crippen molar-refractivity contribution in [2.75, 3.05) is 0 Å². The molecule has 3 heteroatoms. The molecule has 78 valence electrons. The fraction of sp³-hybridized carbons (Fsp3) is 0.545. The first-order valence-corrected chi connectivity index (χ1v) is 5.27. The fourth-order valence-electron chi connectivity index (χ4n) is 1.31. The summed E-state index contributed by atoms with van der Waals surface area (Å²) in [6.45, 7) is 6.43. The van der Waals surface area contributed by atoms with Crippen LogP contribution in [0.1, 0.15) is 32.5 Å². The van der Waals surface area contributed by atoms with Crippen LogP contribution in [0.15, 0.2) is 18.3 Å². The molecule has 1 heterocycles. The van der Waals surface area contributed by atoms with Crippen LogP contribution in [-0.2, 0) is 0 Å². The number of rotatable bonds is 3. The summed E-state index contributed by atoms with van der Waals surface area (Å²) in [5.74, 6) is 0.908. The lowest BCUT2D eigenvalue weighted by molar-refractivity contribution is 0.347. The van der Waals surface area contributed by atoms with E-state index in [4.69, 9.17) is 17.3 Å². The van der Waals surface area contributed by atoms with E-state index < -0.39 is 0 Å². The van der Waals surface area contributed by atoms with Crippen LogP contribution in [0.2, 0.25) is 5.02 Å². The van der Waals surface area contributed by atoms with Crippen molar-refractivity contribution in [3.05, 3.63) is 29.0 Å². The molecule has 2 unspecified atom stereocenters. The van der Waals surface area contributed by atoms with Crippen molar-refractivity contribution in [3.8, 4) is 0 Å². The van der Waals surface area contributed by atoms with Gasteiger partial charge in [-0.2, -0.15) is 0 Å². The Labute approximate surface area is 90.5 Å². The molecule has 0 saturated heterocycles. The van der Waals surface area contributed by atoms with E-state index in [9.17, 15) is 0 Å². The van der Waals surface area contributed by atoms with Crippen LogP contribution in [0.5, 0.6) is 0 Å². The van der Waals surface area contributed by atoms with Gasteiger partial charge in [0.1, 0.15) is 0 Å². The van der Waals surface area contributed by atoms with Crippen molar-refractivity contribution >= 4 is 11.6 Å². The lowest BCUT2D eigenvalue weighted by atomic mass is 9.89. The van der Waals surface area contributed by atoms with Gasteiger partial charge in [0.05, 0.1) is 16.8 Å². The third-order valence-electron chi connectivity index (χ3n) is 2.72. The van der Waals surface area contributed by atoms with Gasteiger partial charge in [0, 0.05) is 6.20 Å². The summed E-state index contributed by atoms with van der Waals surface area (Å²) in [7, 11) is 0. The van der Waals surface area contributed by atoms with Gasteiger partial charge in [0.25, 0.3) is 0 Å². The Morgan fingerprint density at radius 2 is 2.00 bits per heavy atom. The van der Waals surface area contributed by atoms with Crippen LogP contribution in [0.25, 0.3) is 0 Å². The van der Waals surface area contributed by atoms with E-state index in [1.54, 1.807) is 6.20 Å². The molecule has 1 rings (SSSR count). The van der Waals surface area contributed by atoms with E-state index in [0.717, 1.165) is 5.69 Å². The molecule has 1 aromatic rings. The highest BCUT2D eigenvalue weighted by atomic mass is 35.5. The van der Waals surface area contributed by atoms with Gasteiger partial charge in [-0.05, 0) is 24.0 Å². The summed E-state index contributed by atoms with van der Waals surface area (Å²) >= 11 is 6.03. The molecule has 2 nitrogen and oxygen atoms in total. The highest BCUT2D eigenvalue weighted by Crippen LogP contribution is 2.28. The van der Waals surface area contributed by atoms with Crippen LogP contribution in [0.4, 0.5) is 0 Å². The van der Waals surface area contributed by atoms with Crippen molar-refractivity contribution in [1.82, 2.24) is 4.98 Å². The zero-order valence-corrected chi connectivity index (χ0v) is 9.62. The van der Waals surface area contributed by atoms with Crippen molar-refractivity contribution in [1.29, 1.82) is 0 Å². The lowest BCUT2D eigenvalue weighted by Crippen LogP contribution is -2.24. The molecule has 0 radical (unpaired) electrons. The predicted octanol–water partition coefficient (Wildman–Crippen LogP) is 3.03. The van der Waals surface area contributed by atoms with Crippen molar-refractivity contribution in [3.63, 3.8) is 0 Å².